The van der Waals surface area contributed by atoms with E-state index in [4.69, 9.17) is 9.47 Å². The third-order valence-electron chi connectivity index (χ3n) is 8.67. The Bertz CT molecular complexity index is 1560. The number of aromatic hydroxyl groups is 1. The number of carbonyl (C=O) groups is 4. The molecule has 4 rings (SSSR count). The molecule has 2 aromatic rings. The van der Waals surface area contributed by atoms with E-state index in [9.17, 15) is 24.3 Å². The van der Waals surface area contributed by atoms with E-state index in [0.29, 0.717) is 68.0 Å². The molecule has 2 fully saturated rings. The molecule has 2 aliphatic rings. The van der Waals surface area contributed by atoms with Crippen LogP contribution in [0.4, 0.5) is 4.79 Å². The lowest BCUT2D eigenvalue weighted by Gasteiger charge is -2.35. The van der Waals surface area contributed by atoms with Crippen molar-refractivity contribution < 1.29 is 33.8 Å². The minimum atomic E-state index is -0.710. The van der Waals surface area contributed by atoms with Gasteiger partial charge in [0.05, 0.1) is 18.4 Å². The second-order valence-electron chi connectivity index (χ2n) is 15.3. The number of carbonyl (C=O) groups excluding carboxylic acids is 4. The second-order valence-corrected chi connectivity index (χ2v) is 15.3. The van der Waals surface area contributed by atoms with Gasteiger partial charge in [-0.1, -0.05) is 11.8 Å². The number of hydrogen-bond acceptors (Lipinski definition) is 8. The molecule has 2 atom stereocenters. The summed E-state index contributed by atoms with van der Waals surface area (Å²) in [6, 6.07) is 7.62. The zero-order valence-corrected chi connectivity index (χ0v) is 30.3. The van der Waals surface area contributed by atoms with E-state index in [1.54, 1.807) is 73.3 Å². The standard InChI is InChI=1S/C39H52N4O7/c1-38(2,3)49-35(46)23-33(31-22-29(24-40-25-31)10-9-27-11-14-32(44)15-12-27)41-36(47)30-8-7-19-43(26-30)34(45)16-13-28-17-20-42(21-18-28)37(48)50-39(4,5)6/h11-12,14-15,22,24-25,28,30,33,44H,7-8,13,16-21,23,26H2,1-6H3,(H,41,47). The van der Waals surface area contributed by atoms with E-state index in [1.807, 2.05) is 20.8 Å². The number of ether oxygens (including phenoxy) is 2. The Balaban J connectivity index is 1.36. The van der Waals surface area contributed by atoms with Crippen molar-refractivity contribution in [2.24, 2.45) is 11.8 Å². The van der Waals surface area contributed by atoms with Crippen LogP contribution in [-0.4, -0.2) is 81.1 Å². The monoisotopic (exact) mass is 688 g/mol. The smallest absolute Gasteiger partial charge is 0.410 e. The maximum absolute atomic E-state index is 13.7. The van der Waals surface area contributed by atoms with Crippen LogP contribution in [0.25, 0.3) is 0 Å². The largest absolute Gasteiger partial charge is 0.508 e. The number of nitrogens with one attached hydrogen (secondary N) is 1. The third kappa shape index (κ3) is 12.4. The summed E-state index contributed by atoms with van der Waals surface area (Å²) in [5.41, 5.74) is 0.704. The number of likely N-dealkylation sites (tertiary alicyclic amines) is 2. The molecule has 0 bridgehead atoms. The Hall–Kier alpha value is -4.59. The van der Waals surface area contributed by atoms with Crippen LogP contribution in [0.3, 0.4) is 0 Å². The lowest BCUT2D eigenvalue weighted by Crippen LogP contribution is -2.46. The molecule has 11 heteroatoms. The quantitative estimate of drug-likeness (QED) is 0.265. The first-order valence-corrected chi connectivity index (χ1v) is 17.6. The van der Waals surface area contributed by atoms with Crippen molar-refractivity contribution in [1.82, 2.24) is 20.1 Å². The zero-order valence-electron chi connectivity index (χ0n) is 30.3. The van der Waals surface area contributed by atoms with Crippen LogP contribution in [0.15, 0.2) is 42.7 Å². The van der Waals surface area contributed by atoms with Gasteiger partial charge < -0.3 is 29.7 Å². The summed E-state index contributed by atoms with van der Waals surface area (Å²) in [7, 11) is 0. The van der Waals surface area contributed by atoms with Crippen molar-refractivity contribution in [1.29, 1.82) is 0 Å². The second kappa shape index (κ2) is 16.9. The fraction of sp³-hybridized carbons (Fsp3) is 0.564. The molecule has 0 radical (unpaired) electrons. The first-order valence-electron chi connectivity index (χ1n) is 17.6. The molecule has 2 aliphatic heterocycles. The molecule has 3 amide bonds. The van der Waals surface area contributed by atoms with Gasteiger partial charge in [-0.25, -0.2) is 4.79 Å². The van der Waals surface area contributed by atoms with Gasteiger partial charge in [0, 0.05) is 56.1 Å². The minimum absolute atomic E-state index is 0.0338. The van der Waals surface area contributed by atoms with Gasteiger partial charge >= 0.3 is 12.1 Å². The number of phenolic OH excluding ortho intramolecular Hbond substituents is 1. The van der Waals surface area contributed by atoms with Crippen LogP contribution < -0.4 is 5.32 Å². The Morgan fingerprint density at radius 2 is 1.56 bits per heavy atom. The molecule has 2 saturated heterocycles. The fourth-order valence-electron chi connectivity index (χ4n) is 6.13. The van der Waals surface area contributed by atoms with Crippen molar-refractivity contribution in [3.05, 3.63) is 59.4 Å². The van der Waals surface area contributed by atoms with Gasteiger partial charge in [-0.2, -0.15) is 0 Å². The minimum Gasteiger partial charge on any atom is -0.508 e. The lowest BCUT2D eigenvalue weighted by molar-refractivity contribution is -0.155. The Morgan fingerprint density at radius 1 is 0.900 bits per heavy atom. The van der Waals surface area contributed by atoms with Crippen LogP contribution >= 0.6 is 0 Å². The Morgan fingerprint density at radius 3 is 2.22 bits per heavy atom. The average Bonchev–Trinajstić information content (AvgIpc) is 3.05. The molecule has 2 unspecified atom stereocenters. The number of aromatic nitrogens is 1. The van der Waals surface area contributed by atoms with Crippen molar-refractivity contribution in [2.75, 3.05) is 26.2 Å². The molecule has 0 aliphatic carbocycles. The number of phenols is 1. The molecule has 1 aromatic carbocycles. The molecule has 270 valence electrons. The molecule has 1 aromatic heterocycles. The summed E-state index contributed by atoms with van der Waals surface area (Å²) >= 11 is 0. The van der Waals surface area contributed by atoms with Gasteiger partial charge in [-0.05, 0) is 115 Å². The molecular weight excluding hydrogens is 636 g/mol. The van der Waals surface area contributed by atoms with Gasteiger partial charge in [0.2, 0.25) is 11.8 Å². The summed E-state index contributed by atoms with van der Waals surface area (Å²) in [5, 5.41) is 12.6. The van der Waals surface area contributed by atoms with Gasteiger partial charge in [0.25, 0.3) is 0 Å². The molecule has 2 N–H and O–H groups in total. The van der Waals surface area contributed by atoms with Crippen LogP contribution in [0, 0.1) is 23.7 Å². The van der Waals surface area contributed by atoms with Gasteiger partial charge in [-0.15, -0.1) is 0 Å². The van der Waals surface area contributed by atoms with Gasteiger partial charge in [0.1, 0.15) is 17.0 Å². The molecule has 0 saturated carbocycles. The normalized spacial score (nSPS) is 17.6. The summed E-state index contributed by atoms with van der Waals surface area (Å²) in [6.07, 6.45) is 6.97. The average molecular weight is 689 g/mol. The van der Waals surface area contributed by atoms with Crippen LogP contribution in [0.5, 0.6) is 5.75 Å². The number of hydrogen-bond donors (Lipinski definition) is 2. The highest BCUT2D eigenvalue weighted by molar-refractivity contribution is 5.82. The summed E-state index contributed by atoms with van der Waals surface area (Å²) in [4.78, 5) is 60.2. The number of piperidine rings is 2. The van der Waals surface area contributed by atoms with E-state index < -0.39 is 29.1 Å². The maximum Gasteiger partial charge on any atom is 0.410 e. The first kappa shape index (κ1) is 38.2. The van der Waals surface area contributed by atoms with Crippen molar-refractivity contribution >= 4 is 23.9 Å². The van der Waals surface area contributed by atoms with Crippen molar-refractivity contribution in [3.8, 4) is 17.6 Å². The predicted octanol–water partition coefficient (Wildman–Crippen LogP) is 5.74. The van der Waals surface area contributed by atoms with E-state index in [2.05, 4.69) is 22.1 Å². The molecule has 0 spiro atoms. The summed E-state index contributed by atoms with van der Waals surface area (Å²) < 4.78 is 11.1. The highest BCUT2D eigenvalue weighted by Crippen LogP contribution is 2.26. The zero-order chi connectivity index (χ0) is 36.5. The van der Waals surface area contributed by atoms with E-state index >= 15 is 0 Å². The molecule has 50 heavy (non-hydrogen) atoms. The first-order chi connectivity index (χ1) is 23.5. The van der Waals surface area contributed by atoms with Gasteiger partial charge in [0.15, 0.2) is 0 Å². The number of amides is 3. The highest BCUT2D eigenvalue weighted by Gasteiger charge is 2.32. The Labute approximate surface area is 296 Å². The molecule has 3 heterocycles. The lowest BCUT2D eigenvalue weighted by atomic mass is 9.91. The van der Waals surface area contributed by atoms with E-state index in [-0.39, 0.29) is 30.1 Å². The van der Waals surface area contributed by atoms with Crippen LogP contribution in [0.1, 0.15) is 109 Å². The number of nitrogens with zero attached hydrogens (tertiary/aromatic N) is 3. The van der Waals surface area contributed by atoms with Gasteiger partial charge in [-0.3, -0.25) is 19.4 Å². The van der Waals surface area contributed by atoms with Crippen LogP contribution in [0.2, 0.25) is 0 Å². The number of rotatable bonds is 8. The summed E-state index contributed by atoms with van der Waals surface area (Å²) in [6.45, 7) is 13.1. The van der Waals surface area contributed by atoms with Crippen molar-refractivity contribution in [3.63, 3.8) is 0 Å². The summed E-state index contributed by atoms with van der Waals surface area (Å²) in [5.74, 6) is 5.53. The predicted molar refractivity (Wildman–Crippen MR) is 189 cm³/mol. The molecule has 11 nitrogen and oxygen atoms in total. The number of benzene rings is 1. The highest BCUT2D eigenvalue weighted by atomic mass is 16.6. The molecular formula is C39H52N4O7. The third-order valence-corrected chi connectivity index (χ3v) is 8.67. The number of esters is 1. The fourth-order valence-corrected chi connectivity index (χ4v) is 6.13. The van der Waals surface area contributed by atoms with E-state index in [1.165, 1.54) is 0 Å². The van der Waals surface area contributed by atoms with Crippen LogP contribution in [-0.2, 0) is 23.9 Å². The van der Waals surface area contributed by atoms with Crippen molar-refractivity contribution in [2.45, 2.75) is 104 Å². The SMILES string of the molecule is CC(C)(C)OC(=O)CC(NC(=O)C1CCCN(C(=O)CCC2CCN(C(=O)OC(C)(C)C)CC2)C1)c1cncc(C#Cc2ccc(O)cc2)c1. The number of pyridine rings is 1. The Kier molecular flexibility index (Phi) is 12.9. The topological polar surface area (TPSA) is 138 Å². The maximum atomic E-state index is 13.7. The van der Waals surface area contributed by atoms with E-state index in [0.717, 1.165) is 19.3 Å².